The maximum atomic E-state index is 9.02. The van der Waals surface area contributed by atoms with Gasteiger partial charge in [0.25, 0.3) is 0 Å². The minimum absolute atomic E-state index is 0.648. The Bertz CT molecular complexity index is 819. The van der Waals surface area contributed by atoms with Crippen molar-refractivity contribution in [1.82, 2.24) is 4.98 Å². The minimum atomic E-state index is 0.648. The smallest absolute Gasteiger partial charge is 0.145 e. The lowest BCUT2D eigenvalue weighted by atomic mass is 9.99. The van der Waals surface area contributed by atoms with E-state index in [4.69, 9.17) is 10.00 Å². The fourth-order valence-corrected chi connectivity index (χ4v) is 2.32. The lowest BCUT2D eigenvalue weighted by Gasteiger charge is -2.10. The summed E-state index contributed by atoms with van der Waals surface area (Å²) in [6.45, 7) is 0. The van der Waals surface area contributed by atoms with Gasteiger partial charge in [0.15, 0.2) is 0 Å². The number of aromatic nitrogens is 1. The van der Waals surface area contributed by atoms with Crippen molar-refractivity contribution < 1.29 is 4.74 Å². The van der Waals surface area contributed by atoms with Gasteiger partial charge >= 0.3 is 0 Å². The molecule has 0 bridgehead atoms. The highest BCUT2D eigenvalue weighted by Gasteiger charge is 2.09. The van der Waals surface area contributed by atoms with Crippen molar-refractivity contribution in [2.75, 3.05) is 7.11 Å². The fourth-order valence-electron chi connectivity index (χ4n) is 2.32. The van der Waals surface area contributed by atoms with Crippen LogP contribution in [0.4, 0.5) is 0 Å². The molecular formula is C17H12N2O. The van der Waals surface area contributed by atoms with Crippen LogP contribution in [0.15, 0.2) is 54.7 Å². The minimum Gasteiger partial charge on any atom is -0.494 e. The Hall–Kier alpha value is -2.86. The SMILES string of the molecule is COc1ccc(-c2cccc(C#N)c2)c2cccnc12. The van der Waals surface area contributed by atoms with Crippen molar-refractivity contribution in [2.45, 2.75) is 0 Å². The molecule has 0 amide bonds. The van der Waals surface area contributed by atoms with Crippen molar-refractivity contribution in [3.8, 4) is 22.9 Å². The van der Waals surface area contributed by atoms with Gasteiger partial charge in [-0.25, -0.2) is 0 Å². The van der Waals surface area contributed by atoms with Gasteiger partial charge in [-0.05, 0) is 41.5 Å². The van der Waals surface area contributed by atoms with Crippen LogP contribution in [-0.4, -0.2) is 12.1 Å². The highest BCUT2D eigenvalue weighted by atomic mass is 16.5. The molecule has 3 heteroatoms. The van der Waals surface area contributed by atoms with E-state index >= 15 is 0 Å². The molecule has 3 rings (SSSR count). The Balaban J connectivity index is 2.29. The number of ether oxygens (including phenoxy) is 1. The largest absolute Gasteiger partial charge is 0.494 e. The van der Waals surface area contributed by atoms with E-state index in [1.807, 2.05) is 42.5 Å². The number of pyridine rings is 1. The molecule has 0 radical (unpaired) electrons. The third kappa shape index (κ3) is 1.98. The summed E-state index contributed by atoms with van der Waals surface area (Å²) >= 11 is 0. The second kappa shape index (κ2) is 5.02. The zero-order chi connectivity index (χ0) is 13.9. The van der Waals surface area contributed by atoms with Gasteiger partial charge in [-0.15, -0.1) is 0 Å². The topological polar surface area (TPSA) is 45.9 Å². The third-order valence-electron chi connectivity index (χ3n) is 3.26. The van der Waals surface area contributed by atoms with E-state index in [-0.39, 0.29) is 0 Å². The summed E-state index contributed by atoms with van der Waals surface area (Å²) in [4.78, 5) is 4.39. The molecule has 3 aromatic rings. The van der Waals surface area contributed by atoms with Gasteiger partial charge in [-0.3, -0.25) is 4.98 Å². The molecular weight excluding hydrogens is 248 g/mol. The van der Waals surface area contributed by atoms with Gasteiger partial charge < -0.3 is 4.74 Å². The quantitative estimate of drug-likeness (QED) is 0.704. The van der Waals surface area contributed by atoms with Gasteiger partial charge in [-0.2, -0.15) is 5.26 Å². The molecule has 0 saturated carbocycles. The standard InChI is InChI=1S/C17H12N2O/c1-20-16-8-7-14(15-6-3-9-19-17(15)16)13-5-2-4-12(10-13)11-18/h2-10H,1H3. The van der Waals surface area contributed by atoms with E-state index < -0.39 is 0 Å². The van der Waals surface area contributed by atoms with Crippen LogP contribution >= 0.6 is 0 Å². The lowest BCUT2D eigenvalue weighted by molar-refractivity contribution is 0.419. The zero-order valence-electron chi connectivity index (χ0n) is 11.0. The number of benzene rings is 2. The van der Waals surface area contributed by atoms with E-state index in [1.165, 1.54) is 0 Å². The number of rotatable bonds is 2. The molecule has 2 aromatic carbocycles. The molecule has 96 valence electrons. The van der Waals surface area contributed by atoms with E-state index in [0.717, 1.165) is 27.8 Å². The maximum Gasteiger partial charge on any atom is 0.145 e. The molecule has 0 atom stereocenters. The average molecular weight is 260 g/mol. The van der Waals surface area contributed by atoms with Crippen LogP contribution in [0.2, 0.25) is 0 Å². The summed E-state index contributed by atoms with van der Waals surface area (Å²) in [6, 6.07) is 17.6. The second-order valence-corrected chi connectivity index (χ2v) is 4.41. The summed E-state index contributed by atoms with van der Waals surface area (Å²) in [6.07, 6.45) is 1.75. The molecule has 0 N–H and O–H groups in total. The van der Waals surface area contributed by atoms with Crippen LogP contribution in [0.25, 0.3) is 22.0 Å². The first kappa shape index (κ1) is 12.2. The Morgan fingerprint density at radius 2 is 2.00 bits per heavy atom. The summed E-state index contributed by atoms with van der Waals surface area (Å²) in [7, 11) is 1.64. The molecule has 0 aliphatic heterocycles. The second-order valence-electron chi connectivity index (χ2n) is 4.41. The van der Waals surface area contributed by atoms with Crippen LogP contribution in [-0.2, 0) is 0 Å². The molecule has 3 nitrogen and oxygen atoms in total. The predicted octanol–water partition coefficient (Wildman–Crippen LogP) is 3.78. The molecule has 0 saturated heterocycles. The van der Waals surface area contributed by atoms with Gasteiger partial charge in [0.05, 0.1) is 18.7 Å². The van der Waals surface area contributed by atoms with Gasteiger partial charge in [0.2, 0.25) is 0 Å². The van der Waals surface area contributed by atoms with E-state index in [2.05, 4.69) is 11.1 Å². The molecule has 0 fully saturated rings. The monoisotopic (exact) mass is 260 g/mol. The predicted molar refractivity (Wildman–Crippen MR) is 78.4 cm³/mol. The number of hydrogen-bond acceptors (Lipinski definition) is 3. The third-order valence-corrected chi connectivity index (χ3v) is 3.26. The molecule has 0 aliphatic rings. The van der Waals surface area contributed by atoms with Crippen LogP contribution in [0.3, 0.4) is 0 Å². The average Bonchev–Trinajstić information content (AvgIpc) is 2.54. The summed E-state index contributed by atoms with van der Waals surface area (Å²) < 4.78 is 5.35. The summed E-state index contributed by atoms with van der Waals surface area (Å²) in [5, 5.41) is 10.0. The fraction of sp³-hybridized carbons (Fsp3) is 0.0588. The van der Waals surface area contributed by atoms with Gasteiger partial charge in [0, 0.05) is 11.6 Å². The lowest BCUT2D eigenvalue weighted by Crippen LogP contribution is -1.90. The molecule has 0 unspecified atom stereocenters. The molecule has 0 aliphatic carbocycles. The summed E-state index contributed by atoms with van der Waals surface area (Å²) in [5.74, 6) is 0.751. The van der Waals surface area contributed by atoms with Crippen molar-refractivity contribution in [3.05, 3.63) is 60.3 Å². The molecule has 1 aromatic heterocycles. The number of methoxy groups -OCH3 is 1. The Kier molecular flexibility index (Phi) is 3.06. The number of fused-ring (bicyclic) bond motifs is 1. The number of nitrogens with zero attached hydrogens (tertiary/aromatic N) is 2. The summed E-state index contributed by atoms with van der Waals surface area (Å²) in [5.41, 5.74) is 3.53. The highest BCUT2D eigenvalue weighted by molar-refractivity contribution is 5.97. The van der Waals surface area contributed by atoms with Crippen molar-refractivity contribution in [3.63, 3.8) is 0 Å². The van der Waals surface area contributed by atoms with Crippen LogP contribution in [0.1, 0.15) is 5.56 Å². The Morgan fingerprint density at radius 1 is 1.10 bits per heavy atom. The van der Waals surface area contributed by atoms with Gasteiger partial charge in [-0.1, -0.05) is 18.2 Å². The van der Waals surface area contributed by atoms with Crippen molar-refractivity contribution >= 4 is 10.9 Å². The zero-order valence-corrected chi connectivity index (χ0v) is 11.0. The first-order chi connectivity index (χ1) is 9.83. The molecule has 20 heavy (non-hydrogen) atoms. The molecule has 1 heterocycles. The van der Waals surface area contributed by atoms with Crippen LogP contribution < -0.4 is 4.74 Å². The van der Waals surface area contributed by atoms with Gasteiger partial charge in [0.1, 0.15) is 11.3 Å². The molecule has 0 spiro atoms. The van der Waals surface area contributed by atoms with E-state index in [9.17, 15) is 0 Å². The Labute approximate surface area is 117 Å². The van der Waals surface area contributed by atoms with Crippen molar-refractivity contribution in [2.24, 2.45) is 0 Å². The number of nitriles is 1. The van der Waals surface area contributed by atoms with E-state index in [1.54, 1.807) is 19.4 Å². The number of hydrogen-bond donors (Lipinski definition) is 0. The first-order valence-corrected chi connectivity index (χ1v) is 6.26. The van der Waals surface area contributed by atoms with Crippen LogP contribution in [0.5, 0.6) is 5.75 Å². The maximum absolute atomic E-state index is 9.02. The first-order valence-electron chi connectivity index (χ1n) is 6.26. The Morgan fingerprint density at radius 3 is 2.80 bits per heavy atom. The van der Waals surface area contributed by atoms with Crippen LogP contribution in [0, 0.1) is 11.3 Å². The normalized spacial score (nSPS) is 10.2. The van der Waals surface area contributed by atoms with Crippen molar-refractivity contribution in [1.29, 1.82) is 5.26 Å². The highest BCUT2D eigenvalue weighted by Crippen LogP contribution is 2.33. The van der Waals surface area contributed by atoms with E-state index in [0.29, 0.717) is 5.56 Å².